The molecule has 2 aromatic heterocycles. The van der Waals surface area contributed by atoms with E-state index in [1.165, 1.54) is 7.11 Å². The second-order valence-corrected chi connectivity index (χ2v) is 14.8. The van der Waals surface area contributed by atoms with Crippen molar-refractivity contribution in [3.63, 3.8) is 0 Å². The molecule has 6 rings (SSSR count). The van der Waals surface area contributed by atoms with Crippen LogP contribution in [0.3, 0.4) is 0 Å². The fourth-order valence-electron chi connectivity index (χ4n) is 6.50. The summed E-state index contributed by atoms with van der Waals surface area (Å²) in [6.07, 6.45) is 4.31. The fraction of sp³-hybridized carbons (Fsp3) is 0.447. The average molecular weight is 683 g/mol. The lowest BCUT2D eigenvalue weighted by Crippen LogP contribution is -2.36. The Morgan fingerprint density at radius 2 is 1.18 bits per heavy atom. The van der Waals surface area contributed by atoms with Gasteiger partial charge in [0.05, 0.1) is 31.1 Å². The molecule has 2 N–H and O–H groups in total. The Bertz CT molecular complexity index is 1850. The Labute approximate surface area is 292 Å². The van der Waals surface area contributed by atoms with Crippen LogP contribution in [0, 0.1) is 0 Å². The Morgan fingerprint density at radius 3 is 1.68 bits per heavy atom. The monoisotopic (exact) mass is 682 g/mol. The number of likely N-dealkylation sites (tertiary alicyclic amines) is 2. The van der Waals surface area contributed by atoms with Gasteiger partial charge in [0.1, 0.15) is 28.5 Å². The largest absolute Gasteiger partial charge is 0.464 e. The molecule has 2 fully saturated rings. The molecule has 1 unspecified atom stereocenters. The highest BCUT2D eigenvalue weighted by atomic mass is 16.6. The number of hydrogen-bond donors (Lipinski definition) is 2. The molecular formula is C38H46N6O6. The van der Waals surface area contributed by atoms with Gasteiger partial charge in [-0.3, -0.25) is 9.80 Å². The van der Waals surface area contributed by atoms with E-state index in [2.05, 4.69) is 15.0 Å². The average Bonchev–Trinajstić information content (AvgIpc) is 3.88. The number of H-pyrrole nitrogens is 2. The van der Waals surface area contributed by atoms with Crippen LogP contribution in [0.5, 0.6) is 0 Å². The van der Waals surface area contributed by atoms with Gasteiger partial charge in [-0.05, 0) is 83.9 Å². The zero-order valence-corrected chi connectivity index (χ0v) is 29.8. The summed E-state index contributed by atoms with van der Waals surface area (Å²) in [5, 5.41) is 0. The van der Waals surface area contributed by atoms with Crippen LogP contribution in [0.4, 0.5) is 9.59 Å². The van der Waals surface area contributed by atoms with Gasteiger partial charge in [0.15, 0.2) is 5.69 Å². The molecule has 12 heteroatoms. The van der Waals surface area contributed by atoms with Gasteiger partial charge in [0.2, 0.25) is 0 Å². The number of imidazole rings is 2. The highest BCUT2D eigenvalue weighted by Crippen LogP contribution is 2.36. The number of nitrogens with one attached hydrogen (secondary N) is 2. The third kappa shape index (κ3) is 7.54. The Hall–Kier alpha value is -5.13. The van der Waals surface area contributed by atoms with Gasteiger partial charge < -0.3 is 24.2 Å². The van der Waals surface area contributed by atoms with Crippen LogP contribution >= 0.6 is 0 Å². The van der Waals surface area contributed by atoms with Crippen molar-refractivity contribution < 1.29 is 28.6 Å². The van der Waals surface area contributed by atoms with Crippen molar-refractivity contribution in [3.05, 3.63) is 72.1 Å². The second-order valence-electron chi connectivity index (χ2n) is 14.8. The van der Waals surface area contributed by atoms with E-state index >= 15 is 0 Å². The van der Waals surface area contributed by atoms with Crippen LogP contribution in [0.15, 0.2) is 54.7 Å². The van der Waals surface area contributed by atoms with Gasteiger partial charge in [0.25, 0.3) is 0 Å². The molecule has 2 amide bonds. The number of aromatic amines is 2. The van der Waals surface area contributed by atoms with Gasteiger partial charge in [-0.15, -0.1) is 0 Å². The predicted octanol–water partition coefficient (Wildman–Crippen LogP) is 8.06. The van der Waals surface area contributed by atoms with Crippen molar-refractivity contribution in [2.24, 2.45) is 0 Å². The Balaban J connectivity index is 1.18. The van der Waals surface area contributed by atoms with Gasteiger partial charge in [-0.25, -0.2) is 24.4 Å². The number of methoxy groups -OCH3 is 1. The molecule has 2 aliphatic rings. The van der Waals surface area contributed by atoms with Gasteiger partial charge in [-0.2, -0.15) is 0 Å². The quantitative estimate of drug-likeness (QED) is 0.154. The standard InChI is InChI=1S/C38H46N6O6/c1-37(2,3)49-35(46)43-20-8-10-28(43)32-39-22-27(40-32)25-16-12-23(13-17-25)24-14-18-26(19-15-24)30-31(34(45)48-7)42-33(41-30)29-11-9-21-44(29)36(47)50-38(4,5)6/h12-19,22,28-29H,8-11,20-21H2,1-7H3,(H,39,40)(H,41,42)/t28-,29?/m0/s1. The molecule has 12 nitrogen and oxygen atoms in total. The number of esters is 1. The van der Waals surface area contributed by atoms with Crippen LogP contribution in [0.25, 0.3) is 33.6 Å². The molecular weight excluding hydrogens is 636 g/mol. The van der Waals surface area contributed by atoms with Crippen LogP contribution in [0.1, 0.15) is 101 Å². The molecule has 0 radical (unpaired) electrons. The summed E-state index contributed by atoms with van der Waals surface area (Å²) < 4.78 is 16.3. The third-order valence-electron chi connectivity index (χ3n) is 8.79. The van der Waals surface area contributed by atoms with Crippen molar-refractivity contribution in [1.29, 1.82) is 0 Å². The number of hydrogen-bond acceptors (Lipinski definition) is 8. The van der Waals surface area contributed by atoms with Crippen molar-refractivity contribution in [3.8, 4) is 33.6 Å². The van der Waals surface area contributed by atoms with Gasteiger partial charge in [0, 0.05) is 18.7 Å². The van der Waals surface area contributed by atoms with Crippen LogP contribution in [-0.4, -0.2) is 79.3 Å². The first-order valence-corrected chi connectivity index (χ1v) is 17.1. The van der Waals surface area contributed by atoms with Gasteiger partial charge in [-0.1, -0.05) is 48.5 Å². The van der Waals surface area contributed by atoms with Crippen molar-refractivity contribution >= 4 is 18.2 Å². The fourth-order valence-corrected chi connectivity index (χ4v) is 6.50. The summed E-state index contributed by atoms with van der Waals surface area (Å²) in [6.45, 7) is 12.3. The second kappa shape index (κ2) is 13.6. The summed E-state index contributed by atoms with van der Waals surface area (Å²) in [6, 6.07) is 15.5. The molecule has 4 heterocycles. The maximum absolute atomic E-state index is 12.9. The molecule has 50 heavy (non-hydrogen) atoms. The molecule has 0 aliphatic carbocycles. The van der Waals surface area contributed by atoms with Crippen LogP contribution in [-0.2, 0) is 14.2 Å². The highest BCUT2D eigenvalue weighted by Gasteiger charge is 2.37. The number of ether oxygens (including phenoxy) is 3. The Kier molecular flexibility index (Phi) is 9.48. The summed E-state index contributed by atoms with van der Waals surface area (Å²) in [5.41, 5.74) is 4.12. The number of carbonyl (C=O) groups is 3. The summed E-state index contributed by atoms with van der Waals surface area (Å²) in [5.74, 6) is 0.741. The summed E-state index contributed by atoms with van der Waals surface area (Å²) >= 11 is 0. The van der Waals surface area contributed by atoms with E-state index in [1.807, 2.05) is 90.1 Å². The summed E-state index contributed by atoms with van der Waals surface area (Å²) in [4.78, 5) is 58.0. The van der Waals surface area contributed by atoms with E-state index in [0.717, 1.165) is 53.0 Å². The first kappa shape index (κ1) is 34.7. The lowest BCUT2D eigenvalue weighted by atomic mass is 10.0. The zero-order chi connectivity index (χ0) is 35.8. The normalized spacial score (nSPS) is 18.0. The number of carbonyl (C=O) groups excluding carboxylic acids is 3. The lowest BCUT2D eigenvalue weighted by molar-refractivity contribution is 0.0208. The van der Waals surface area contributed by atoms with Crippen LogP contribution < -0.4 is 0 Å². The van der Waals surface area contributed by atoms with Crippen molar-refractivity contribution in [1.82, 2.24) is 29.7 Å². The molecule has 0 saturated carbocycles. The maximum atomic E-state index is 12.9. The minimum Gasteiger partial charge on any atom is -0.464 e. The first-order chi connectivity index (χ1) is 23.7. The zero-order valence-electron chi connectivity index (χ0n) is 29.8. The Morgan fingerprint density at radius 1 is 0.700 bits per heavy atom. The molecule has 2 atom stereocenters. The molecule has 2 saturated heterocycles. The van der Waals surface area contributed by atoms with E-state index in [1.54, 1.807) is 16.0 Å². The molecule has 0 bridgehead atoms. The minimum atomic E-state index is -0.622. The number of amides is 2. The highest BCUT2D eigenvalue weighted by molar-refractivity contribution is 5.94. The molecule has 4 aromatic rings. The van der Waals surface area contributed by atoms with E-state index in [4.69, 9.17) is 19.2 Å². The molecule has 2 aromatic carbocycles. The number of rotatable bonds is 6. The SMILES string of the molecule is COC(=O)c1[nH]c(C2CCCN2C(=O)OC(C)(C)C)nc1-c1ccc(-c2ccc(-c3cnc([C@@H]4CCCN4C(=O)OC(C)(C)C)[nH]3)cc2)cc1. The number of aromatic nitrogens is 4. The topological polar surface area (TPSA) is 143 Å². The maximum Gasteiger partial charge on any atom is 0.410 e. The molecule has 2 aliphatic heterocycles. The smallest absolute Gasteiger partial charge is 0.410 e. The third-order valence-corrected chi connectivity index (χ3v) is 8.79. The minimum absolute atomic E-state index is 0.149. The van der Waals surface area contributed by atoms with E-state index in [0.29, 0.717) is 31.0 Å². The number of nitrogens with zero attached hydrogens (tertiary/aromatic N) is 4. The molecule has 264 valence electrons. The van der Waals surface area contributed by atoms with Crippen molar-refractivity contribution in [2.45, 2.75) is 90.5 Å². The predicted molar refractivity (Wildman–Crippen MR) is 188 cm³/mol. The van der Waals surface area contributed by atoms with Crippen LogP contribution in [0.2, 0.25) is 0 Å². The lowest BCUT2D eigenvalue weighted by Gasteiger charge is -2.27. The van der Waals surface area contributed by atoms with E-state index in [9.17, 15) is 14.4 Å². The van der Waals surface area contributed by atoms with E-state index in [-0.39, 0.29) is 23.9 Å². The summed E-state index contributed by atoms with van der Waals surface area (Å²) in [7, 11) is 1.33. The molecule has 0 spiro atoms. The van der Waals surface area contributed by atoms with Crippen molar-refractivity contribution in [2.75, 3.05) is 20.2 Å². The van der Waals surface area contributed by atoms with E-state index < -0.39 is 23.3 Å². The first-order valence-electron chi connectivity index (χ1n) is 17.1. The van der Waals surface area contributed by atoms with Gasteiger partial charge >= 0.3 is 18.2 Å². The number of benzene rings is 2.